The van der Waals surface area contributed by atoms with E-state index in [1.807, 2.05) is 77.1 Å². The standard InChI is InChI=1S/C35H47N3O7/c1-21(2)19-25(20-39)38-31-33(42)37(22(3)4)18-12-17-35(31)29(32(38)41)28-26(45-35)15-10-11-16-27(40)36(6)23(5)30(44-34(28)43)24-13-8-7-9-14-24/h7-10,12-15,17,21-23,25-26,28-31,39H,11,16,18-20H2,1-6H3/b15-10-/t23-,25-,26-,28+,29+,30+,31-,35+/m1/s1. The summed E-state index contributed by atoms with van der Waals surface area (Å²) >= 11 is 0. The number of likely N-dealkylation sites (N-methyl/N-ethyl adjacent to an activating group) is 1. The van der Waals surface area contributed by atoms with E-state index in [0.717, 1.165) is 5.56 Å². The number of carbonyl (C=O) groups excluding carboxylic acids is 4. The monoisotopic (exact) mass is 621 g/mol. The van der Waals surface area contributed by atoms with Crippen molar-refractivity contribution in [3.63, 3.8) is 0 Å². The molecule has 1 N–H and O–H groups in total. The number of aliphatic hydroxyl groups is 1. The van der Waals surface area contributed by atoms with Gasteiger partial charge in [0.25, 0.3) is 0 Å². The molecule has 0 aromatic heterocycles. The highest BCUT2D eigenvalue weighted by molar-refractivity contribution is 5.99. The molecule has 2 fully saturated rings. The van der Waals surface area contributed by atoms with Crippen molar-refractivity contribution in [2.75, 3.05) is 20.2 Å². The maximum Gasteiger partial charge on any atom is 0.313 e. The van der Waals surface area contributed by atoms with Crippen molar-refractivity contribution in [3.05, 3.63) is 60.2 Å². The van der Waals surface area contributed by atoms with Gasteiger partial charge in [-0.05, 0) is 45.1 Å². The van der Waals surface area contributed by atoms with Gasteiger partial charge in [-0.2, -0.15) is 0 Å². The summed E-state index contributed by atoms with van der Waals surface area (Å²) < 4.78 is 13.1. The van der Waals surface area contributed by atoms with Gasteiger partial charge in [-0.3, -0.25) is 19.2 Å². The first-order valence-corrected chi connectivity index (χ1v) is 16.2. The summed E-state index contributed by atoms with van der Waals surface area (Å²) in [5.41, 5.74) is -0.718. The molecular formula is C35H47N3O7. The molecule has 2 saturated heterocycles. The van der Waals surface area contributed by atoms with Crippen molar-refractivity contribution >= 4 is 23.7 Å². The summed E-state index contributed by atoms with van der Waals surface area (Å²) in [5.74, 6) is -3.34. The number of allylic oxidation sites excluding steroid dienone is 1. The predicted molar refractivity (Wildman–Crippen MR) is 167 cm³/mol. The summed E-state index contributed by atoms with van der Waals surface area (Å²) in [7, 11) is 1.71. The molecule has 1 aromatic carbocycles. The summed E-state index contributed by atoms with van der Waals surface area (Å²) in [6.45, 7) is 9.70. The molecule has 0 saturated carbocycles. The molecule has 0 aliphatic carbocycles. The van der Waals surface area contributed by atoms with E-state index in [4.69, 9.17) is 9.47 Å². The summed E-state index contributed by atoms with van der Waals surface area (Å²) in [6.07, 6.45) is 6.69. The molecule has 1 spiro atoms. The Morgan fingerprint density at radius 2 is 1.73 bits per heavy atom. The molecule has 0 unspecified atom stereocenters. The second kappa shape index (κ2) is 13.1. The molecule has 3 amide bonds. The molecule has 5 rings (SSSR count). The normalized spacial score (nSPS) is 33.8. The number of esters is 1. The SMILES string of the molecule is CC(C)C[C@H](CO)N1C(=O)[C@@H]2[C@H]3C(=O)O[C@H](c4ccccc4)[C@@H](C)N(C)C(=O)CC/C=C\[C@H]3O[C@@]23C=CCN(C(C)C)C(=O)[C@@H]13. The molecule has 4 heterocycles. The van der Waals surface area contributed by atoms with Gasteiger partial charge >= 0.3 is 5.97 Å². The number of likely N-dealkylation sites (tertiary alicyclic amines) is 1. The van der Waals surface area contributed by atoms with Crippen LogP contribution in [0.25, 0.3) is 0 Å². The van der Waals surface area contributed by atoms with Crippen LogP contribution < -0.4 is 0 Å². The minimum Gasteiger partial charge on any atom is -0.455 e. The lowest BCUT2D eigenvalue weighted by Gasteiger charge is -2.39. The Morgan fingerprint density at radius 1 is 1.02 bits per heavy atom. The van der Waals surface area contributed by atoms with Crippen LogP contribution in [-0.2, 0) is 28.7 Å². The van der Waals surface area contributed by atoms with Crippen molar-refractivity contribution in [1.82, 2.24) is 14.7 Å². The van der Waals surface area contributed by atoms with E-state index in [1.165, 1.54) is 4.90 Å². The first-order chi connectivity index (χ1) is 21.4. The van der Waals surface area contributed by atoms with Gasteiger partial charge < -0.3 is 29.3 Å². The molecule has 4 aliphatic rings. The highest BCUT2D eigenvalue weighted by Gasteiger charge is 2.72. The number of rotatable bonds is 6. The molecule has 10 nitrogen and oxygen atoms in total. The van der Waals surface area contributed by atoms with Crippen LogP contribution in [0.4, 0.5) is 0 Å². The topological polar surface area (TPSA) is 117 Å². The molecule has 1 aromatic rings. The number of amides is 3. The van der Waals surface area contributed by atoms with Crippen LogP contribution in [0.2, 0.25) is 0 Å². The Balaban J connectivity index is 1.64. The van der Waals surface area contributed by atoms with E-state index < -0.39 is 59.6 Å². The Morgan fingerprint density at radius 3 is 2.38 bits per heavy atom. The summed E-state index contributed by atoms with van der Waals surface area (Å²) in [6, 6.07) is 6.94. The zero-order valence-electron chi connectivity index (χ0n) is 27.2. The zero-order chi connectivity index (χ0) is 32.6. The van der Waals surface area contributed by atoms with Crippen molar-refractivity contribution in [2.45, 2.75) is 95.9 Å². The lowest BCUT2D eigenvalue weighted by atomic mass is 9.77. The van der Waals surface area contributed by atoms with Crippen LogP contribution >= 0.6 is 0 Å². The van der Waals surface area contributed by atoms with Crippen molar-refractivity contribution in [2.24, 2.45) is 17.8 Å². The van der Waals surface area contributed by atoms with Gasteiger partial charge in [0, 0.05) is 26.1 Å². The first kappa shape index (κ1) is 32.9. The molecule has 45 heavy (non-hydrogen) atoms. The maximum atomic E-state index is 14.7. The number of carbonyl (C=O) groups is 4. The molecule has 0 radical (unpaired) electrons. The fraction of sp³-hybridized carbons (Fsp3) is 0.600. The van der Waals surface area contributed by atoms with Crippen molar-refractivity contribution < 1.29 is 33.8 Å². The highest BCUT2D eigenvalue weighted by atomic mass is 16.6. The van der Waals surface area contributed by atoms with E-state index in [2.05, 4.69) is 0 Å². The number of hydrogen-bond acceptors (Lipinski definition) is 7. The minimum atomic E-state index is -1.44. The minimum absolute atomic E-state index is 0.0822. The van der Waals surface area contributed by atoms with Gasteiger partial charge in [0.1, 0.15) is 23.7 Å². The summed E-state index contributed by atoms with van der Waals surface area (Å²) in [4.78, 5) is 61.5. The number of cyclic esters (lactones) is 1. The smallest absolute Gasteiger partial charge is 0.313 e. The molecule has 0 bridgehead atoms. The number of ether oxygens (including phenoxy) is 2. The second-order valence-corrected chi connectivity index (χ2v) is 13.5. The van der Waals surface area contributed by atoms with E-state index in [-0.39, 0.29) is 36.8 Å². The second-order valence-electron chi connectivity index (χ2n) is 13.5. The Bertz CT molecular complexity index is 1340. The highest BCUT2D eigenvalue weighted by Crippen LogP contribution is 2.54. The molecule has 10 heteroatoms. The van der Waals surface area contributed by atoms with Gasteiger partial charge in [0.2, 0.25) is 17.7 Å². The van der Waals surface area contributed by atoms with Crippen LogP contribution in [0.5, 0.6) is 0 Å². The van der Waals surface area contributed by atoms with E-state index in [9.17, 15) is 24.3 Å². The molecule has 244 valence electrons. The molecule has 8 atom stereocenters. The van der Waals surface area contributed by atoms with Crippen LogP contribution in [0.3, 0.4) is 0 Å². The lowest BCUT2D eigenvalue weighted by Crippen LogP contribution is -2.59. The summed E-state index contributed by atoms with van der Waals surface area (Å²) in [5, 5.41) is 10.6. The average molecular weight is 622 g/mol. The van der Waals surface area contributed by atoms with E-state index in [1.54, 1.807) is 29.0 Å². The van der Waals surface area contributed by atoms with Crippen LogP contribution in [0.15, 0.2) is 54.6 Å². The van der Waals surface area contributed by atoms with Crippen LogP contribution in [-0.4, -0.2) is 99.6 Å². The van der Waals surface area contributed by atoms with Gasteiger partial charge in [0.15, 0.2) is 0 Å². The molecular weight excluding hydrogens is 574 g/mol. The lowest BCUT2D eigenvalue weighted by molar-refractivity contribution is -0.164. The third-order valence-electron chi connectivity index (χ3n) is 9.87. The third-order valence-corrected chi connectivity index (χ3v) is 9.87. The van der Waals surface area contributed by atoms with Gasteiger partial charge in [-0.25, -0.2) is 0 Å². The van der Waals surface area contributed by atoms with Gasteiger partial charge in [-0.15, -0.1) is 0 Å². The van der Waals surface area contributed by atoms with Crippen LogP contribution in [0, 0.1) is 17.8 Å². The van der Waals surface area contributed by atoms with Crippen LogP contribution in [0.1, 0.15) is 65.5 Å². The van der Waals surface area contributed by atoms with Gasteiger partial charge in [0.05, 0.1) is 30.7 Å². The number of fused-ring (bicyclic) bond motifs is 2. The third kappa shape index (κ3) is 5.83. The van der Waals surface area contributed by atoms with E-state index >= 15 is 0 Å². The molecule has 4 aliphatic heterocycles. The Hall–Kier alpha value is -3.50. The largest absolute Gasteiger partial charge is 0.455 e. The van der Waals surface area contributed by atoms with E-state index in [0.29, 0.717) is 19.4 Å². The van der Waals surface area contributed by atoms with Crippen molar-refractivity contribution in [3.8, 4) is 0 Å². The number of benzene rings is 1. The quantitative estimate of drug-likeness (QED) is 0.383. The number of hydrogen-bond donors (Lipinski definition) is 1. The first-order valence-electron chi connectivity index (χ1n) is 16.2. The van der Waals surface area contributed by atoms with Gasteiger partial charge in [-0.1, -0.05) is 68.5 Å². The van der Waals surface area contributed by atoms with Crippen molar-refractivity contribution in [1.29, 1.82) is 0 Å². The fourth-order valence-corrected chi connectivity index (χ4v) is 7.52. The fourth-order valence-electron chi connectivity index (χ4n) is 7.52. The number of aliphatic hydroxyl groups excluding tert-OH is 1. The Labute approximate surface area is 266 Å². The maximum absolute atomic E-state index is 14.7. The Kier molecular flexibility index (Phi) is 9.56. The zero-order valence-corrected chi connectivity index (χ0v) is 27.2. The average Bonchev–Trinajstić information content (AvgIpc) is 3.40. The number of nitrogens with zero attached hydrogens (tertiary/aromatic N) is 3. The predicted octanol–water partition coefficient (Wildman–Crippen LogP) is 3.26.